The van der Waals surface area contributed by atoms with Gasteiger partial charge in [-0.25, -0.2) is 4.68 Å². The molecule has 1 aromatic heterocycles. The van der Waals surface area contributed by atoms with Gasteiger partial charge in [-0.15, -0.1) is 0 Å². The number of methoxy groups -OCH3 is 1. The van der Waals surface area contributed by atoms with Crippen molar-refractivity contribution in [2.45, 2.75) is 26.3 Å². The average Bonchev–Trinajstić information content (AvgIpc) is 2.68. The maximum Gasteiger partial charge on any atom is 0.276 e. The van der Waals surface area contributed by atoms with Crippen molar-refractivity contribution in [2.75, 3.05) is 12.4 Å². The summed E-state index contributed by atoms with van der Waals surface area (Å²) in [7, 11) is 1.51. The number of nitrogens with zero attached hydrogens (tertiary/aromatic N) is 2. The van der Waals surface area contributed by atoms with Gasteiger partial charge in [0.05, 0.1) is 18.2 Å². The van der Waals surface area contributed by atoms with Gasteiger partial charge in [-0.2, -0.15) is 5.10 Å². The molecule has 3 aromatic rings. The lowest BCUT2D eigenvalue weighted by Gasteiger charge is -2.13. The van der Waals surface area contributed by atoms with Crippen molar-refractivity contribution in [3.8, 4) is 5.75 Å². The molecule has 1 amide bonds. The van der Waals surface area contributed by atoms with E-state index in [0.717, 1.165) is 12.8 Å². The zero-order chi connectivity index (χ0) is 19.4. The minimum absolute atomic E-state index is 0.184. The summed E-state index contributed by atoms with van der Waals surface area (Å²) >= 11 is 6.03. The number of unbranched alkanes of at least 4 members (excludes halogenated alkanes) is 1. The lowest BCUT2D eigenvalue weighted by molar-refractivity contribution is 0.102. The summed E-state index contributed by atoms with van der Waals surface area (Å²) in [5, 5.41) is 8.56. The predicted molar refractivity (Wildman–Crippen MR) is 107 cm³/mol. The monoisotopic (exact) mass is 385 g/mol. The van der Waals surface area contributed by atoms with Crippen LogP contribution in [-0.4, -0.2) is 22.8 Å². The molecule has 0 fully saturated rings. The Hall–Kier alpha value is -2.86. The van der Waals surface area contributed by atoms with Gasteiger partial charge in [0.1, 0.15) is 5.75 Å². The van der Waals surface area contributed by atoms with Gasteiger partial charge < -0.3 is 10.1 Å². The number of rotatable bonds is 6. The second-order valence-corrected chi connectivity index (χ2v) is 6.51. The highest BCUT2D eigenvalue weighted by molar-refractivity contribution is 6.31. The standard InChI is InChI=1S/C20H20ClN3O3/c1-3-4-11-24-20(26)15-8-6-5-7-14(15)18(23-24)19(25)22-16-12-13(21)9-10-17(16)27-2/h5-10,12H,3-4,11H2,1-2H3,(H,22,25). The average molecular weight is 386 g/mol. The van der Waals surface area contributed by atoms with Gasteiger partial charge in [-0.3, -0.25) is 9.59 Å². The van der Waals surface area contributed by atoms with Crippen molar-refractivity contribution in [1.82, 2.24) is 9.78 Å². The highest BCUT2D eigenvalue weighted by Crippen LogP contribution is 2.28. The molecular weight excluding hydrogens is 366 g/mol. The van der Waals surface area contributed by atoms with E-state index in [4.69, 9.17) is 16.3 Å². The van der Waals surface area contributed by atoms with E-state index in [1.165, 1.54) is 11.8 Å². The topological polar surface area (TPSA) is 73.2 Å². The first kappa shape index (κ1) is 18.9. The lowest BCUT2D eigenvalue weighted by atomic mass is 10.1. The van der Waals surface area contributed by atoms with E-state index in [-0.39, 0.29) is 11.3 Å². The molecule has 0 saturated heterocycles. The molecule has 0 aliphatic rings. The summed E-state index contributed by atoms with van der Waals surface area (Å²) < 4.78 is 6.63. The maximum absolute atomic E-state index is 13.0. The second-order valence-electron chi connectivity index (χ2n) is 6.07. The number of aryl methyl sites for hydroxylation is 1. The van der Waals surface area contributed by atoms with Crippen molar-refractivity contribution in [3.63, 3.8) is 0 Å². The van der Waals surface area contributed by atoms with E-state index >= 15 is 0 Å². The summed E-state index contributed by atoms with van der Waals surface area (Å²) in [6, 6.07) is 11.9. The number of hydrogen-bond acceptors (Lipinski definition) is 4. The van der Waals surface area contributed by atoms with Crippen molar-refractivity contribution in [2.24, 2.45) is 0 Å². The largest absolute Gasteiger partial charge is 0.495 e. The normalized spacial score (nSPS) is 10.8. The Balaban J connectivity index is 2.07. The van der Waals surface area contributed by atoms with Crippen LogP contribution in [0.25, 0.3) is 10.8 Å². The van der Waals surface area contributed by atoms with Gasteiger partial charge in [0.25, 0.3) is 11.5 Å². The fourth-order valence-corrected chi connectivity index (χ4v) is 2.99. The van der Waals surface area contributed by atoms with Gasteiger partial charge in [-0.1, -0.05) is 43.1 Å². The quantitative estimate of drug-likeness (QED) is 0.693. The third-order valence-electron chi connectivity index (χ3n) is 4.22. The third-order valence-corrected chi connectivity index (χ3v) is 4.45. The Kier molecular flexibility index (Phi) is 5.76. The number of hydrogen-bond donors (Lipinski definition) is 1. The molecule has 0 atom stereocenters. The van der Waals surface area contributed by atoms with Gasteiger partial charge in [0, 0.05) is 17.0 Å². The number of nitrogens with one attached hydrogen (secondary N) is 1. The SMILES string of the molecule is CCCCn1nc(C(=O)Nc2cc(Cl)ccc2OC)c2ccccc2c1=O. The molecule has 27 heavy (non-hydrogen) atoms. The predicted octanol–water partition coefficient (Wildman–Crippen LogP) is 4.11. The zero-order valence-corrected chi connectivity index (χ0v) is 15.9. The smallest absolute Gasteiger partial charge is 0.276 e. The Morgan fingerprint density at radius 1 is 1.22 bits per heavy atom. The summed E-state index contributed by atoms with van der Waals surface area (Å²) in [6.07, 6.45) is 1.72. The minimum atomic E-state index is -0.433. The lowest BCUT2D eigenvalue weighted by Crippen LogP contribution is -2.27. The summed E-state index contributed by atoms with van der Waals surface area (Å²) in [5.74, 6) is 0.0494. The number of fused-ring (bicyclic) bond motifs is 1. The molecule has 0 radical (unpaired) electrons. The van der Waals surface area contributed by atoms with Crippen molar-refractivity contribution in [3.05, 3.63) is 63.5 Å². The van der Waals surface area contributed by atoms with Crippen LogP contribution in [-0.2, 0) is 6.54 Å². The number of halogens is 1. The van der Waals surface area contributed by atoms with Crippen LogP contribution >= 0.6 is 11.6 Å². The highest BCUT2D eigenvalue weighted by atomic mass is 35.5. The van der Waals surface area contributed by atoms with E-state index in [1.54, 1.807) is 42.5 Å². The number of anilines is 1. The molecule has 0 unspecified atom stereocenters. The Labute approximate surface area is 161 Å². The number of amides is 1. The zero-order valence-electron chi connectivity index (χ0n) is 15.2. The van der Waals surface area contributed by atoms with Crippen LogP contribution < -0.4 is 15.6 Å². The fraction of sp³-hybridized carbons (Fsp3) is 0.250. The number of carbonyl (C=O) groups excluding carboxylic acids is 1. The van der Waals surface area contributed by atoms with Crippen LogP contribution in [0.1, 0.15) is 30.3 Å². The van der Waals surface area contributed by atoms with Crippen LogP contribution in [0.2, 0.25) is 5.02 Å². The van der Waals surface area contributed by atoms with Crippen molar-refractivity contribution in [1.29, 1.82) is 0 Å². The molecule has 1 N–H and O–H groups in total. The van der Waals surface area contributed by atoms with E-state index in [9.17, 15) is 9.59 Å². The first-order chi connectivity index (χ1) is 13.0. The summed E-state index contributed by atoms with van der Waals surface area (Å²) in [6.45, 7) is 2.49. The summed E-state index contributed by atoms with van der Waals surface area (Å²) in [5.41, 5.74) is 0.423. The van der Waals surface area contributed by atoms with E-state index in [1.807, 2.05) is 6.92 Å². The number of benzene rings is 2. The minimum Gasteiger partial charge on any atom is -0.495 e. The number of ether oxygens (including phenoxy) is 1. The van der Waals surface area contributed by atoms with Gasteiger partial charge in [-0.05, 0) is 30.7 Å². The number of aromatic nitrogens is 2. The van der Waals surface area contributed by atoms with Crippen molar-refractivity contribution < 1.29 is 9.53 Å². The van der Waals surface area contributed by atoms with E-state index in [0.29, 0.717) is 33.8 Å². The molecule has 2 aromatic carbocycles. The Morgan fingerprint density at radius 3 is 2.67 bits per heavy atom. The van der Waals surface area contributed by atoms with Gasteiger partial charge >= 0.3 is 0 Å². The fourth-order valence-electron chi connectivity index (χ4n) is 2.82. The highest BCUT2D eigenvalue weighted by Gasteiger charge is 2.18. The molecule has 3 rings (SSSR count). The van der Waals surface area contributed by atoms with E-state index in [2.05, 4.69) is 10.4 Å². The molecule has 6 nitrogen and oxygen atoms in total. The molecule has 0 spiro atoms. The van der Waals surface area contributed by atoms with Crippen LogP contribution in [0.3, 0.4) is 0 Å². The molecule has 0 aliphatic heterocycles. The maximum atomic E-state index is 13.0. The third kappa shape index (κ3) is 3.95. The molecule has 0 bridgehead atoms. The van der Waals surface area contributed by atoms with Crippen LogP contribution in [0.15, 0.2) is 47.3 Å². The summed E-state index contributed by atoms with van der Waals surface area (Å²) in [4.78, 5) is 25.6. The van der Waals surface area contributed by atoms with Crippen LogP contribution in [0.5, 0.6) is 5.75 Å². The Morgan fingerprint density at radius 2 is 1.96 bits per heavy atom. The molecule has 0 saturated carbocycles. The van der Waals surface area contributed by atoms with Crippen LogP contribution in [0.4, 0.5) is 5.69 Å². The second kappa shape index (κ2) is 8.22. The van der Waals surface area contributed by atoms with Crippen LogP contribution in [0, 0.1) is 0 Å². The van der Waals surface area contributed by atoms with Gasteiger partial charge in [0.15, 0.2) is 5.69 Å². The van der Waals surface area contributed by atoms with E-state index < -0.39 is 5.91 Å². The first-order valence-electron chi connectivity index (χ1n) is 8.70. The first-order valence-corrected chi connectivity index (χ1v) is 9.07. The number of carbonyl (C=O) groups is 1. The van der Waals surface area contributed by atoms with Crippen molar-refractivity contribution >= 4 is 34.0 Å². The molecule has 0 aliphatic carbocycles. The molecular formula is C20H20ClN3O3. The molecule has 140 valence electrons. The Bertz CT molecular complexity index is 1050. The molecule has 1 heterocycles. The van der Waals surface area contributed by atoms with Gasteiger partial charge in [0.2, 0.25) is 0 Å². The molecule has 7 heteroatoms.